The summed E-state index contributed by atoms with van der Waals surface area (Å²) in [5.41, 5.74) is 2.40. The molecule has 0 aliphatic rings. The summed E-state index contributed by atoms with van der Waals surface area (Å²) >= 11 is 0. The summed E-state index contributed by atoms with van der Waals surface area (Å²) in [6.45, 7) is 1.74. The quantitative estimate of drug-likeness (QED) is 0.766. The molecule has 4 nitrogen and oxygen atoms in total. The summed E-state index contributed by atoms with van der Waals surface area (Å²) in [4.78, 5) is 4.06. The summed E-state index contributed by atoms with van der Waals surface area (Å²) in [7, 11) is 1.99. The van der Waals surface area contributed by atoms with Crippen molar-refractivity contribution in [1.29, 1.82) is 0 Å². The van der Waals surface area contributed by atoms with Gasteiger partial charge in [0.05, 0.1) is 12.0 Å². The maximum Gasteiger partial charge on any atom is 0.115 e. The standard InChI is InChI=1S/C13H17N3O/c1-16-10-15-9-12(16)8-14-7-6-11-2-4-13(17)5-3-11/h2-5,9-10,14,17H,6-8H2,1H3. The second-order valence-corrected chi connectivity index (χ2v) is 4.09. The Morgan fingerprint density at radius 2 is 2.06 bits per heavy atom. The topological polar surface area (TPSA) is 50.1 Å². The minimum atomic E-state index is 0.316. The monoisotopic (exact) mass is 231 g/mol. The van der Waals surface area contributed by atoms with E-state index in [1.54, 1.807) is 18.5 Å². The summed E-state index contributed by atoms with van der Waals surface area (Å²) in [5, 5.41) is 12.5. The van der Waals surface area contributed by atoms with Crippen molar-refractivity contribution < 1.29 is 5.11 Å². The molecule has 0 unspecified atom stereocenters. The molecular weight excluding hydrogens is 214 g/mol. The number of phenolic OH excluding ortho intramolecular Hbond substituents is 1. The van der Waals surface area contributed by atoms with Gasteiger partial charge < -0.3 is 15.0 Å². The number of imidazole rings is 1. The van der Waals surface area contributed by atoms with E-state index in [4.69, 9.17) is 5.11 Å². The second kappa shape index (κ2) is 5.50. The lowest BCUT2D eigenvalue weighted by Gasteiger charge is -2.05. The Hall–Kier alpha value is -1.81. The van der Waals surface area contributed by atoms with E-state index in [1.165, 1.54) is 11.3 Å². The number of aryl methyl sites for hydroxylation is 1. The van der Waals surface area contributed by atoms with Crippen LogP contribution < -0.4 is 5.32 Å². The van der Waals surface area contributed by atoms with Crippen LogP contribution in [-0.2, 0) is 20.0 Å². The van der Waals surface area contributed by atoms with E-state index in [0.717, 1.165) is 19.5 Å². The van der Waals surface area contributed by atoms with Crippen molar-refractivity contribution in [2.45, 2.75) is 13.0 Å². The molecule has 0 saturated heterocycles. The fraction of sp³-hybridized carbons (Fsp3) is 0.308. The normalized spacial score (nSPS) is 10.6. The molecule has 2 N–H and O–H groups in total. The first-order valence-corrected chi connectivity index (χ1v) is 5.69. The number of phenols is 1. The van der Waals surface area contributed by atoms with Gasteiger partial charge in [0.2, 0.25) is 0 Å². The van der Waals surface area contributed by atoms with Crippen molar-refractivity contribution in [2.24, 2.45) is 7.05 Å². The molecule has 2 rings (SSSR count). The number of hydrogen-bond acceptors (Lipinski definition) is 3. The molecule has 0 amide bonds. The number of benzene rings is 1. The number of hydrogen-bond donors (Lipinski definition) is 2. The first-order valence-electron chi connectivity index (χ1n) is 5.69. The van der Waals surface area contributed by atoms with Crippen LogP contribution in [0.1, 0.15) is 11.3 Å². The van der Waals surface area contributed by atoms with Gasteiger partial charge in [0.25, 0.3) is 0 Å². The SMILES string of the molecule is Cn1cncc1CNCCc1ccc(O)cc1. The molecule has 0 bridgehead atoms. The summed E-state index contributed by atoms with van der Waals surface area (Å²) < 4.78 is 2.01. The predicted molar refractivity (Wildman–Crippen MR) is 66.7 cm³/mol. The highest BCUT2D eigenvalue weighted by Crippen LogP contribution is 2.09. The van der Waals surface area contributed by atoms with Gasteiger partial charge in [-0.25, -0.2) is 4.98 Å². The van der Waals surface area contributed by atoms with Crippen LogP contribution in [0.2, 0.25) is 0 Å². The highest BCUT2D eigenvalue weighted by molar-refractivity contribution is 5.25. The molecule has 2 aromatic rings. The minimum absolute atomic E-state index is 0.316. The fourth-order valence-electron chi connectivity index (χ4n) is 1.67. The molecule has 90 valence electrons. The molecule has 0 aliphatic carbocycles. The summed E-state index contributed by atoms with van der Waals surface area (Å²) in [5.74, 6) is 0.316. The Labute approximate surface area is 101 Å². The van der Waals surface area contributed by atoms with Crippen LogP contribution in [-0.4, -0.2) is 21.2 Å². The van der Waals surface area contributed by atoms with Crippen LogP contribution in [0.5, 0.6) is 5.75 Å². The number of nitrogens with one attached hydrogen (secondary N) is 1. The Balaban J connectivity index is 1.73. The van der Waals surface area contributed by atoms with Gasteiger partial charge >= 0.3 is 0 Å². The highest BCUT2D eigenvalue weighted by Gasteiger charge is 1.97. The summed E-state index contributed by atoms with van der Waals surface area (Å²) in [6, 6.07) is 7.33. The number of nitrogens with zero attached hydrogens (tertiary/aromatic N) is 2. The minimum Gasteiger partial charge on any atom is -0.508 e. The third-order valence-electron chi connectivity index (χ3n) is 2.75. The van der Waals surface area contributed by atoms with E-state index >= 15 is 0 Å². The molecule has 17 heavy (non-hydrogen) atoms. The van der Waals surface area contributed by atoms with E-state index < -0.39 is 0 Å². The lowest BCUT2D eigenvalue weighted by molar-refractivity contribution is 0.475. The van der Waals surface area contributed by atoms with Gasteiger partial charge in [-0.15, -0.1) is 0 Å². The predicted octanol–water partition coefficient (Wildman–Crippen LogP) is 1.46. The Morgan fingerprint density at radius 1 is 1.29 bits per heavy atom. The van der Waals surface area contributed by atoms with Crippen molar-refractivity contribution in [1.82, 2.24) is 14.9 Å². The van der Waals surface area contributed by atoms with Gasteiger partial charge in [-0.1, -0.05) is 12.1 Å². The summed E-state index contributed by atoms with van der Waals surface area (Å²) in [6.07, 6.45) is 4.63. The molecule has 4 heteroatoms. The molecule has 0 spiro atoms. The Kier molecular flexibility index (Phi) is 3.77. The van der Waals surface area contributed by atoms with Gasteiger partial charge in [0.1, 0.15) is 5.75 Å². The fourth-order valence-corrected chi connectivity index (χ4v) is 1.67. The lowest BCUT2D eigenvalue weighted by Crippen LogP contribution is -2.18. The first-order chi connectivity index (χ1) is 8.25. The van der Waals surface area contributed by atoms with Crippen molar-refractivity contribution in [3.8, 4) is 5.75 Å². The third-order valence-corrected chi connectivity index (χ3v) is 2.75. The Bertz CT molecular complexity index is 462. The zero-order chi connectivity index (χ0) is 12.1. The maximum absolute atomic E-state index is 9.16. The van der Waals surface area contributed by atoms with Crippen molar-refractivity contribution in [3.63, 3.8) is 0 Å². The van der Waals surface area contributed by atoms with Gasteiger partial charge in [0, 0.05) is 19.8 Å². The van der Waals surface area contributed by atoms with Crippen LogP contribution in [0.15, 0.2) is 36.8 Å². The van der Waals surface area contributed by atoms with Crippen LogP contribution in [0.3, 0.4) is 0 Å². The van der Waals surface area contributed by atoms with Crippen molar-refractivity contribution >= 4 is 0 Å². The Morgan fingerprint density at radius 3 is 2.71 bits per heavy atom. The van der Waals surface area contributed by atoms with E-state index in [9.17, 15) is 0 Å². The van der Waals surface area contributed by atoms with Crippen LogP contribution in [0.25, 0.3) is 0 Å². The highest BCUT2D eigenvalue weighted by atomic mass is 16.3. The van der Waals surface area contributed by atoms with Crippen LogP contribution in [0, 0.1) is 0 Å². The zero-order valence-electron chi connectivity index (χ0n) is 9.93. The van der Waals surface area contributed by atoms with Gasteiger partial charge in [-0.2, -0.15) is 0 Å². The van der Waals surface area contributed by atoms with Crippen molar-refractivity contribution in [3.05, 3.63) is 48.0 Å². The smallest absolute Gasteiger partial charge is 0.115 e. The average Bonchev–Trinajstić information content (AvgIpc) is 2.73. The molecule has 1 aromatic heterocycles. The van der Waals surface area contributed by atoms with Gasteiger partial charge in [0.15, 0.2) is 0 Å². The van der Waals surface area contributed by atoms with E-state index in [1.807, 2.05) is 29.9 Å². The number of aromatic nitrogens is 2. The molecule has 0 fully saturated rings. The number of rotatable bonds is 5. The largest absolute Gasteiger partial charge is 0.508 e. The third kappa shape index (κ3) is 3.32. The molecule has 0 atom stereocenters. The van der Waals surface area contributed by atoms with E-state index in [2.05, 4.69) is 10.3 Å². The molecule has 1 heterocycles. The van der Waals surface area contributed by atoms with E-state index in [0.29, 0.717) is 5.75 Å². The number of aromatic hydroxyl groups is 1. The molecule has 0 radical (unpaired) electrons. The zero-order valence-corrected chi connectivity index (χ0v) is 9.93. The average molecular weight is 231 g/mol. The van der Waals surface area contributed by atoms with E-state index in [-0.39, 0.29) is 0 Å². The molecule has 0 aliphatic heterocycles. The molecular formula is C13H17N3O. The maximum atomic E-state index is 9.16. The van der Waals surface area contributed by atoms with Crippen molar-refractivity contribution in [2.75, 3.05) is 6.54 Å². The second-order valence-electron chi connectivity index (χ2n) is 4.09. The lowest BCUT2D eigenvalue weighted by atomic mass is 10.1. The van der Waals surface area contributed by atoms with Gasteiger partial charge in [-0.05, 0) is 30.7 Å². The molecule has 0 saturated carbocycles. The van der Waals surface area contributed by atoms with Crippen LogP contribution >= 0.6 is 0 Å². The molecule has 1 aromatic carbocycles. The first kappa shape index (κ1) is 11.7. The van der Waals surface area contributed by atoms with Crippen LogP contribution in [0.4, 0.5) is 0 Å². The van der Waals surface area contributed by atoms with Gasteiger partial charge in [-0.3, -0.25) is 0 Å².